The van der Waals surface area contributed by atoms with E-state index in [1.165, 1.54) is 23.5 Å². The molecule has 2 aromatic rings. The lowest BCUT2D eigenvalue weighted by molar-refractivity contribution is -0.384. The fourth-order valence-electron chi connectivity index (χ4n) is 1.10. The number of nitro benzene ring substituents is 1. The summed E-state index contributed by atoms with van der Waals surface area (Å²) in [6, 6.07) is 2.94. The second-order valence-electron chi connectivity index (χ2n) is 2.57. The summed E-state index contributed by atoms with van der Waals surface area (Å²) < 4.78 is 1.32. The van der Waals surface area contributed by atoms with Gasteiger partial charge in [0.1, 0.15) is 5.02 Å². The maximum Gasteiger partial charge on any atom is 0.289 e. The number of nitrogens with one attached hydrogen (secondary N) is 1. The van der Waals surface area contributed by atoms with Gasteiger partial charge in [-0.25, -0.2) is 0 Å². The Morgan fingerprint density at radius 1 is 1.57 bits per heavy atom. The summed E-state index contributed by atoms with van der Waals surface area (Å²) in [5.41, 5.74) is 0.639. The van der Waals surface area contributed by atoms with E-state index in [4.69, 9.17) is 23.8 Å². The van der Waals surface area contributed by atoms with E-state index in [1.54, 1.807) is 0 Å². The van der Waals surface area contributed by atoms with Crippen LogP contribution in [0.1, 0.15) is 0 Å². The number of nitro groups is 1. The Hall–Kier alpha value is -0.980. The molecule has 0 atom stereocenters. The van der Waals surface area contributed by atoms with Crippen molar-refractivity contribution in [2.24, 2.45) is 0 Å². The highest BCUT2D eigenvalue weighted by atomic mass is 35.5. The molecule has 0 amide bonds. The van der Waals surface area contributed by atoms with Crippen LogP contribution < -0.4 is 0 Å². The van der Waals surface area contributed by atoms with Gasteiger partial charge in [0.05, 0.1) is 15.1 Å². The Kier molecular flexibility index (Phi) is 2.26. The van der Waals surface area contributed by atoms with Gasteiger partial charge < -0.3 is 4.98 Å². The molecule has 14 heavy (non-hydrogen) atoms. The number of H-pyrrole nitrogens is 1. The summed E-state index contributed by atoms with van der Waals surface area (Å²) in [6.45, 7) is 0. The third-order valence-electron chi connectivity index (χ3n) is 1.69. The lowest BCUT2D eigenvalue weighted by Gasteiger charge is -1.94. The SMILES string of the molecule is O=[N+]([O-])c1cc2sc(=S)[nH]c2cc1Cl. The van der Waals surface area contributed by atoms with E-state index in [9.17, 15) is 10.1 Å². The van der Waals surface area contributed by atoms with Gasteiger partial charge in [-0.15, -0.1) is 11.3 Å². The first-order valence-electron chi connectivity index (χ1n) is 3.54. The number of hydrogen-bond donors (Lipinski definition) is 1. The van der Waals surface area contributed by atoms with Crippen LogP contribution >= 0.6 is 35.2 Å². The molecule has 4 nitrogen and oxygen atoms in total. The van der Waals surface area contributed by atoms with Gasteiger partial charge >= 0.3 is 0 Å². The number of thiazole rings is 1. The minimum atomic E-state index is -0.509. The summed E-state index contributed by atoms with van der Waals surface area (Å²) >= 11 is 11.9. The zero-order chi connectivity index (χ0) is 10.3. The third kappa shape index (κ3) is 1.52. The van der Waals surface area contributed by atoms with Gasteiger partial charge in [-0.05, 0) is 18.3 Å². The predicted molar refractivity (Wildman–Crippen MR) is 58.7 cm³/mol. The van der Waals surface area contributed by atoms with E-state index in [2.05, 4.69) is 4.98 Å². The first kappa shape index (κ1) is 9.57. The molecule has 0 saturated carbocycles. The number of fused-ring (bicyclic) bond motifs is 1. The van der Waals surface area contributed by atoms with Crippen LogP contribution in [0.15, 0.2) is 12.1 Å². The third-order valence-corrected chi connectivity index (χ3v) is 3.19. The fourth-order valence-corrected chi connectivity index (χ4v) is 2.46. The lowest BCUT2D eigenvalue weighted by Crippen LogP contribution is -1.88. The van der Waals surface area contributed by atoms with Crippen LogP contribution in [-0.4, -0.2) is 9.91 Å². The number of benzene rings is 1. The van der Waals surface area contributed by atoms with E-state index in [1.807, 2.05) is 0 Å². The first-order valence-corrected chi connectivity index (χ1v) is 5.15. The number of hydrogen-bond acceptors (Lipinski definition) is 4. The van der Waals surface area contributed by atoms with Gasteiger partial charge in [-0.3, -0.25) is 10.1 Å². The van der Waals surface area contributed by atoms with E-state index in [0.717, 1.165) is 10.2 Å². The normalized spacial score (nSPS) is 10.6. The van der Waals surface area contributed by atoms with Crippen molar-refractivity contribution in [2.45, 2.75) is 0 Å². The summed E-state index contributed by atoms with van der Waals surface area (Å²) in [4.78, 5) is 12.9. The summed E-state index contributed by atoms with van der Waals surface area (Å²) in [7, 11) is 0. The zero-order valence-corrected chi connectivity index (χ0v) is 9.00. The van der Waals surface area contributed by atoms with Crippen molar-refractivity contribution in [2.75, 3.05) is 0 Å². The van der Waals surface area contributed by atoms with Crippen LogP contribution in [0.2, 0.25) is 5.02 Å². The van der Waals surface area contributed by atoms with Gasteiger partial charge in [0, 0.05) is 6.07 Å². The molecule has 1 aromatic heterocycles. The molecular weight excluding hydrogens is 244 g/mol. The van der Waals surface area contributed by atoms with Crippen LogP contribution in [0, 0.1) is 14.1 Å². The smallest absolute Gasteiger partial charge is 0.289 e. The highest BCUT2D eigenvalue weighted by Gasteiger charge is 2.14. The standard InChI is InChI=1S/C7H3ClN2O2S2/c8-3-1-4-6(14-7(13)9-4)2-5(3)10(11)12/h1-2H,(H,9,13). The van der Waals surface area contributed by atoms with E-state index in [0.29, 0.717) is 3.95 Å². The molecule has 0 aliphatic heterocycles. The van der Waals surface area contributed by atoms with Crippen molar-refractivity contribution in [1.29, 1.82) is 0 Å². The van der Waals surface area contributed by atoms with Crippen LogP contribution in [-0.2, 0) is 0 Å². The Morgan fingerprint density at radius 2 is 2.29 bits per heavy atom. The van der Waals surface area contributed by atoms with Gasteiger partial charge in [0.15, 0.2) is 3.95 Å². The predicted octanol–water partition coefficient (Wildman–Crippen LogP) is 3.52. The molecule has 1 aromatic carbocycles. The van der Waals surface area contributed by atoms with Crippen LogP contribution in [0.4, 0.5) is 5.69 Å². The van der Waals surface area contributed by atoms with E-state index in [-0.39, 0.29) is 10.7 Å². The molecule has 0 radical (unpaired) electrons. The highest BCUT2D eigenvalue weighted by molar-refractivity contribution is 7.73. The minimum Gasteiger partial charge on any atom is -0.337 e. The molecular formula is C7H3ClN2O2S2. The Morgan fingerprint density at radius 3 is 2.93 bits per heavy atom. The molecule has 0 fully saturated rings. The number of halogens is 1. The molecule has 0 aliphatic rings. The quantitative estimate of drug-likeness (QED) is 0.476. The summed E-state index contributed by atoms with van der Waals surface area (Å²) in [5.74, 6) is 0. The monoisotopic (exact) mass is 246 g/mol. The minimum absolute atomic E-state index is 0.0931. The number of rotatable bonds is 1. The maximum absolute atomic E-state index is 10.6. The van der Waals surface area contributed by atoms with E-state index >= 15 is 0 Å². The second-order valence-corrected chi connectivity index (χ2v) is 4.70. The van der Waals surface area contributed by atoms with Gasteiger partial charge in [0.25, 0.3) is 5.69 Å². The van der Waals surface area contributed by atoms with Crippen molar-refractivity contribution >= 4 is 51.1 Å². The van der Waals surface area contributed by atoms with Crippen molar-refractivity contribution in [3.05, 3.63) is 31.2 Å². The molecule has 0 unspecified atom stereocenters. The lowest BCUT2D eigenvalue weighted by atomic mass is 10.3. The van der Waals surface area contributed by atoms with E-state index < -0.39 is 4.92 Å². The van der Waals surface area contributed by atoms with Crippen molar-refractivity contribution in [1.82, 2.24) is 4.98 Å². The second kappa shape index (κ2) is 3.30. The Labute approximate surface area is 92.3 Å². The molecule has 7 heteroatoms. The van der Waals surface area contributed by atoms with Crippen LogP contribution in [0.3, 0.4) is 0 Å². The zero-order valence-electron chi connectivity index (χ0n) is 6.61. The topological polar surface area (TPSA) is 58.9 Å². The van der Waals surface area contributed by atoms with Gasteiger partial charge in [0.2, 0.25) is 0 Å². The molecule has 1 N–H and O–H groups in total. The molecule has 2 rings (SSSR count). The molecule has 0 bridgehead atoms. The average molecular weight is 247 g/mol. The first-order chi connectivity index (χ1) is 6.58. The van der Waals surface area contributed by atoms with Crippen molar-refractivity contribution in [3.8, 4) is 0 Å². The Balaban J connectivity index is 2.82. The largest absolute Gasteiger partial charge is 0.337 e. The molecule has 1 heterocycles. The van der Waals surface area contributed by atoms with Gasteiger partial charge in [-0.2, -0.15) is 0 Å². The number of aromatic amines is 1. The summed E-state index contributed by atoms with van der Waals surface area (Å²) in [6.07, 6.45) is 0. The molecule has 0 spiro atoms. The van der Waals surface area contributed by atoms with Crippen LogP contribution in [0.25, 0.3) is 10.2 Å². The summed E-state index contributed by atoms with van der Waals surface area (Å²) in [5, 5.41) is 10.7. The number of nitrogens with zero attached hydrogens (tertiary/aromatic N) is 1. The molecule has 0 aliphatic carbocycles. The Bertz CT molecular complexity index is 575. The van der Waals surface area contributed by atoms with Gasteiger partial charge in [-0.1, -0.05) is 11.6 Å². The number of aromatic nitrogens is 1. The highest BCUT2D eigenvalue weighted by Crippen LogP contribution is 2.31. The van der Waals surface area contributed by atoms with Crippen molar-refractivity contribution < 1.29 is 4.92 Å². The van der Waals surface area contributed by atoms with Crippen molar-refractivity contribution in [3.63, 3.8) is 0 Å². The molecule has 0 saturated heterocycles. The average Bonchev–Trinajstić information content (AvgIpc) is 2.42. The maximum atomic E-state index is 10.6. The fraction of sp³-hybridized carbons (Fsp3) is 0. The van der Waals surface area contributed by atoms with Crippen LogP contribution in [0.5, 0.6) is 0 Å². The molecule has 72 valence electrons.